The summed E-state index contributed by atoms with van der Waals surface area (Å²) >= 11 is 1.58. The number of nitrogens with zero attached hydrogens (tertiary/aromatic N) is 1. The fraction of sp³-hybridized carbons (Fsp3) is 0.389. The average molecular weight is 358 g/mol. The molecule has 1 aliphatic carbocycles. The third-order valence-corrected chi connectivity index (χ3v) is 5.44. The van der Waals surface area contributed by atoms with Gasteiger partial charge in [-0.05, 0) is 12.8 Å². The molecule has 1 heterocycles. The van der Waals surface area contributed by atoms with E-state index >= 15 is 0 Å². The second kappa shape index (κ2) is 7.65. The molecular formula is C18H22N4O2S. The Morgan fingerprint density at radius 1 is 1.20 bits per heavy atom. The smallest absolute Gasteiger partial charge is 0.315 e. The van der Waals surface area contributed by atoms with Gasteiger partial charge in [0.25, 0.3) is 0 Å². The van der Waals surface area contributed by atoms with Gasteiger partial charge in [-0.25, -0.2) is 9.78 Å². The SMILES string of the molecule is NC(=O)C1(NC(=O)NCCc2nc(-c3ccccc3)cs2)CCCC1. The van der Waals surface area contributed by atoms with E-state index in [1.54, 1.807) is 11.3 Å². The van der Waals surface area contributed by atoms with Crippen LogP contribution in [0, 0.1) is 0 Å². The van der Waals surface area contributed by atoms with Crippen LogP contribution < -0.4 is 16.4 Å². The molecule has 0 aliphatic heterocycles. The summed E-state index contributed by atoms with van der Waals surface area (Å²) in [6, 6.07) is 9.64. The molecule has 7 heteroatoms. The van der Waals surface area contributed by atoms with Gasteiger partial charge in [-0.15, -0.1) is 11.3 Å². The summed E-state index contributed by atoms with van der Waals surface area (Å²) in [5.41, 5.74) is 6.62. The number of rotatable bonds is 6. The first-order valence-corrected chi connectivity index (χ1v) is 9.33. The Labute approximate surface area is 150 Å². The van der Waals surface area contributed by atoms with Crippen molar-refractivity contribution >= 4 is 23.3 Å². The maximum absolute atomic E-state index is 12.1. The number of amides is 3. The zero-order valence-corrected chi connectivity index (χ0v) is 14.8. The predicted octanol–water partition coefficient (Wildman–Crippen LogP) is 2.45. The van der Waals surface area contributed by atoms with Gasteiger partial charge >= 0.3 is 6.03 Å². The van der Waals surface area contributed by atoms with E-state index in [-0.39, 0.29) is 6.03 Å². The van der Waals surface area contributed by atoms with Crippen molar-refractivity contribution in [1.29, 1.82) is 0 Å². The van der Waals surface area contributed by atoms with Gasteiger partial charge in [0.05, 0.1) is 10.7 Å². The number of hydrogen-bond acceptors (Lipinski definition) is 4. The van der Waals surface area contributed by atoms with Crippen LogP contribution in [0.15, 0.2) is 35.7 Å². The number of nitrogens with two attached hydrogens (primary N) is 1. The van der Waals surface area contributed by atoms with Crippen molar-refractivity contribution in [1.82, 2.24) is 15.6 Å². The number of hydrogen-bond donors (Lipinski definition) is 3. The lowest BCUT2D eigenvalue weighted by Gasteiger charge is -2.26. The van der Waals surface area contributed by atoms with Crippen molar-refractivity contribution in [2.45, 2.75) is 37.6 Å². The van der Waals surface area contributed by atoms with E-state index in [2.05, 4.69) is 15.6 Å². The molecular weight excluding hydrogens is 336 g/mol. The molecule has 3 rings (SSSR count). The monoisotopic (exact) mass is 358 g/mol. The number of benzene rings is 1. The lowest BCUT2D eigenvalue weighted by Crippen LogP contribution is -2.58. The average Bonchev–Trinajstić information content (AvgIpc) is 3.26. The Bertz CT molecular complexity index is 739. The van der Waals surface area contributed by atoms with Crippen molar-refractivity contribution in [3.63, 3.8) is 0 Å². The first-order chi connectivity index (χ1) is 12.1. The minimum absolute atomic E-state index is 0.347. The molecule has 0 radical (unpaired) electrons. The van der Waals surface area contributed by atoms with Gasteiger partial charge in [-0.2, -0.15) is 0 Å². The highest BCUT2D eigenvalue weighted by molar-refractivity contribution is 7.09. The third-order valence-electron chi connectivity index (χ3n) is 4.53. The van der Waals surface area contributed by atoms with E-state index in [0.29, 0.717) is 25.8 Å². The number of nitrogens with one attached hydrogen (secondary N) is 2. The Balaban J connectivity index is 1.49. The quantitative estimate of drug-likeness (QED) is 0.740. The Morgan fingerprint density at radius 2 is 1.92 bits per heavy atom. The molecule has 0 bridgehead atoms. The summed E-state index contributed by atoms with van der Waals surface area (Å²) in [6.45, 7) is 0.461. The van der Waals surface area contributed by atoms with Gasteiger partial charge in [0.15, 0.2) is 0 Å². The maximum atomic E-state index is 12.1. The van der Waals surface area contributed by atoms with Gasteiger partial charge in [0.2, 0.25) is 5.91 Å². The van der Waals surface area contributed by atoms with E-state index in [1.807, 2.05) is 35.7 Å². The first-order valence-electron chi connectivity index (χ1n) is 8.45. The molecule has 2 aromatic rings. The van der Waals surface area contributed by atoms with E-state index < -0.39 is 11.4 Å². The number of urea groups is 1. The van der Waals surface area contributed by atoms with E-state index in [9.17, 15) is 9.59 Å². The number of aromatic nitrogens is 1. The molecule has 0 atom stereocenters. The van der Waals surface area contributed by atoms with Gasteiger partial charge in [-0.1, -0.05) is 43.2 Å². The van der Waals surface area contributed by atoms with Gasteiger partial charge in [0, 0.05) is 23.9 Å². The molecule has 0 saturated heterocycles. The van der Waals surface area contributed by atoms with Crippen LogP contribution in [0.5, 0.6) is 0 Å². The Kier molecular flexibility index (Phi) is 5.33. The van der Waals surface area contributed by atoms with Gasteiger partial charge < -0.3 is 16.4 Å². The highest BCUT2D eigenvalue weighted by Gasteiger charge is 2.40. The lowest BCUT2D eigenvalue weighted by molar-refractivity contribution is -0.123. The van der Waals surface area contributed by atoms with Crippen LogP contribution in [0.25, 0.3) is 11.3 Å². The molecule has 1 saturated carbocycles. The van der Waals surface area contributed by atoms with Crippen LogP contribution in [0.2, 0.25) is 0 Å². The number of carbonyl (C=O) groups is 2. The van der Waals surface area contributed by atoms with E-state index in [4.69, 9.17) is 5.73 Å². The molecule has 1 fully saturated rings. The predicted molar refractivity (Wildman–Crippen MR) is 98.2 cm³/mol. The van der Waals surface area contributed by atoms with Crippen LogP contribution in [-0.4, -0.2) is 29.0 Å². The second-order valence-electron chi connectivity index (χ2n) is 6.28. The van der Waals surface area contributed by atoms with Crippen molar-refractivity contribution < 1.29 is 9.59 Å². The summed E-state index contributed by atoms with van der Waals surface area (Å²) in [7, 11) is 0. The molecule has 25 heavy (non-hydrogen) atoms. The molecule has 6 nitrogen and oxygen atoms in total. The van der Waals surface area contributed by atoms with Gasteiger partial charge in [0.1, 0.15) is 5.54 Å². The zero-order valence-electron chi connectivity index (χ0n) is 14.0. The van der Waals surface area contributed by atoms with Crippen molar-refractivity contribution in [2.75, 3.05) is 6.54 Å². The molecule has 3 amide bonds. The van der Waals surface area contributed by atoms with Crippen LogP contribution in [0.4, 0.5) is 4.79 Å². The Hall–Kier alpha value is -2.41. The van der Waals surface area contributed by atoms with E-state index in [1.165, 1.54) is 0 Å². The molecule has 4 N–H and O–H groups in total. The summed E-state index contributed by atoms with van der Waals surface area (Å²) < 4.78 is 0. The highest BCUT2D eigenvalue weighted by Crippen LogP contribution is 2.29. The molecule has 0 spiro atoms. The molecule has 1 aromatic heterocycles. The van der Waals surface area contributed by atoms with Crippen molar-refractivity contribution in [2.24, 2.45) is 5.73 Å². The normalized spacial score (nSPS) is 15.7. The largest absolute Gasteiger partial charge is 0.368 e. The minimum Gasteiger partial charge on any atom is -0.368 e. The molecule has 1 aliphatic rings. The van der Waals surface area contributed by atoms with Crippen molar-refractivity contribution in [3.8, 4) is 11.3 Å². The summed E-state index contributed by atoms with van der Waals surface area (Å²) in [6.07, 6.45) is 3.69. The van der Waals surface area contributed by atoms with Crippen molar-refractivity contribution in [3.05, 3.63) is 40.7 Å². The fourth-order valence-electron chi connectivity index (χ4n) is 3.12. The number of primary amides is 1. The van der Waals surface area contributed by atoms with Crippen LogP contribution in [0.3, 0.4) is 0 Å². The topological polar surface area (TPSA) is 97.1 Å². The molecule has 1 aromatic carbocycles. The van der Waals surface area contributed by atoms with Crippen LogP contribution in [0.1, 0.15) is 30.7 Å². The van der Waals surface area contributed by atoms with Crippen LogP contribution in [-0.2, 0) is 11.2 Å². The third kappa shape index (κ3) is 4.17. The zero-order chi connectivity index (χ0) is 17.7. The lowest BCUT2D eigenvalue weighted by atomic mass is 9.97. The summed E-state index contributed by atoms with van der Waals surface area (Å²) in [5.74, 6) is -0.451. The summed E-state index contributed by atoms with van der Waals surface area (Å²) in [5, 5.41) is 8.54. The summed E-state index contributed by atoms with van der Waals surface area (Å²) in [4.78, 5) is 28.3. The minimum atomic E-state index is -0.883. The van der Waals surface area contributed by atoms with E-state index in [0.717, 1.165) is 29.1 Å². The number of carbonyl (C=O) groups excluding carboxylic acids is 2. The highest BCUT2D eigenvalue weighted by atomic mass is 32.1. The Morgan fingerprint density at radius 3 is 2.60 bits per heavy atom. The second-order valence-corrected chi connectivity index (χ2v) is 7.22. The molecule has 0 unspecified atom stereocenters. The standard InChI is InChI=1S/C18H22N4O2S/c19-16(23)18(9-4-5-10-18)22-17(24)20-11-8-15-21-14(12-25-15)13-6-2-1-3-7-13/h1-3,6-7,12H,4-5,8-11H2,(H2,19,23)(H2,20,22,24). The number of thiazole rings is 1. The maximum Gasteiger partial charge on any atom is 0.315 e. The van der Waals surface area contributed by atoms with Gasteiger partial charge in [-0.3, -0.25) is 4.79 Å². The fourth-order valence-corrected chi connectivity index (χ4v) is 3.93. The van der Waals surface area contributed by atoms with Crippen LogP contribution >= 0.6 is 11.3 Å². The first kappa shape index (κ1) is 17.4. The molecule has 132 valence electrons.